The van der Waals surface area contributed by atoms with Crippen LogP contribution in [0.1, 0.15) is 13.3 Å². The summed E-state index contributed by atoms with van der Waals surface area (Å²) in [5, 5.41) is 0. The molecule has 1 N–H and O–H groups in total. The molecule has 0 rings (SSSR count). The summed E-state index contributed by atoms with van der Waals surface area (Å²) in [6.07, 6.45) is 0.977. The van der Waals surface area contributed by atoms with Crippen LogP contribution in [0.2, 0.25) is 0 Å². The third-order valence-electron chi connectivity index (χ3n) is 1.43. The zero-order chi connectivity index (χ0) is 11.6. The van der Waals surface area contributed by atoms with E-state index in [0.717, 1.165) is 20.1 Å². The van der Waals surface area contributed by atoms with Crippen LogP contribution in [0.5, 0.6) is 0 Å². The third kappa shape index (κ3) is 10.3. The van der Waals surface area contributed by atoms with Gasteiger partial charge in [-0.15, -0.1) is 0 Å². The van der Waals surface area contributed by atoms with Gasteiger partial charge in [-0.3, -0.25) is 9.05 Å². The lowest BCUT2D eigenvalue weighted by molar-refractivity contribution is 0.0314. The van der Waals surface area contributed by atoms with E-state index in [1.54, 1.807) is 0 Å². The number of rotatable bonds is 10. The fourth-order valence-electron chi connectivity index (χ4n) is 0.731. The molecule has 0 bridgehead atoms. The summed E-state index contributed by atoms with van der Waals surface area (Å²) in [5.74, 6) is 0. The quantitative estimate of drug-likeness (QED) is 0.458. The van der Waals surface area contributed by atoms with E-state index in [4.69, 9.17) is 14.4 Å². The van der Waals surface area contributed by atoms with Gasteiger partial charge in [-0.1, -0.05) is 6.92 Å². The molecule has 6 nitrogen and oxygen atoms in total. The van der Waals surface area contributed by atoms with Gasteiger partial charge in [0.05, 0.1) is 26.4 Å². The molecule has 0 aromatic carbocycles. The second kappa shape index (κ2) is 9.27. The van der Waals surface area contributed by atoms with Crippen molar-refractivity contribution in [3.63, 3.8) is 0 Å². The average Bonchev–Trinajstić information content (AvgIpc) is 2.22. The van der Waals surface area contributed by atoms with Crippen LogP contribution in [0.25, 0.3) is 0 Å². The normalized spacial score (nSPS) is 15.1. The molecule has 0 radical (unpaired) electrons. The molecule has 15 heavy (non-hydrogen) atoms. The van der Waals surface area contributed by atoms with E-state index in [9.17, 15) is 4.57 Å². The Labute approximate surface area is 90.1 Å². The van der Waals surface area contributed by atoms with Crippen molar-refractivity contribution in [1.29, 1.82) is 0 Å². The van der Waals surface area contributed by atoms with Crippen LogP contribution in [0.3, 0.4) is 0 Å². The van der Waals surface area contributed by atoms with Gasteiger partial charge in [0, 0.05) is 13.7 Å². The maximum absolute atomic E-state index is 10.8. The lowest BCUT2D eigenvalue weighted by atomic mass is 10.5. The fraction of sp³-hybridized carbons (Fsp3) is 1.00. The molecule has 1 unspecified atom stereocenters. The Bertz CT molecular complexity index is 186. The standard InChI is InChI=1S/C8H19O6P/c1-3-4-12-5-6-13-7-8-14-15(9,10)11-2/h3-8H2,1-2H3,(H,9,10). The molecule has 7 heteroatoms. The molecule has 1 atom stereocenters. The van der Waals surface area contributed by atoms with Gasteiger partial charge in [-0.2, -0.15) is 0 Å². The highest BCUT2D eigenvalue weighted by Gasteiger charge is 2.17. The lowest BCUT2D eigenvalue weighted by Gasteiger charge is -2.09. The highest BCUT2D eigenvalue weighted by atomic mass is 31.2. The van der Waals surface area contributed by atoms with Crippen molar-refractivity contribution in [2.24, 2.45) is 0 Å². The number of ether oxygens (including phenoxy) is 2. The first-order valence-corrected chi connectivity index (χ1v) is 6.30. The van der Waals surface area contributed by atoms with Gasteiger partial charge in [0.15, 0.2) is 0 Å². The van der Waals surface area contributed by atoms with E-state index in [2.05, 4.69) is 9.05 Å². The van der Waals surface area contributed by atoms with Crippen LogP contribution in [-0.4, -0.2) is 45.0 Å². The summed E-state index contributed by atoms with van der Waals surface area (Å²) in [4.78, 5) is 8.83. The zero-order valence-electron chi connectivity index (χ0n) is 9.18. The van der Waals surface area contributed by atoms with Crippen molar-refractivity contribution >= 4 is 7.82 Å². The second-order valence-electron chi connectivity index (χ2n) is 2.71. The molecule has 0 aromatic rings. The van der Waals surface area contributed by atoms with Gasteiger partial charge >= 0.3 is 7.82 Å². The Morgan fingerprint density at radius 3 is 2.13 bits per heavy atom. The molecule has 0 amide bonds. The molecule has 0 heterocycles. The Hall–Kier alpha value is 0.0300. The van der Waals surface area contributed by atoms with E-state index < -0.39 is 7.82 Å². The molecule has 0 fully saturated rings. The minimum atomic E-state index is -3.85. The van der Waals surface area contributed by atoms with Gasteiger partial charge in [0.1, 0.15) is 0 Å². The number of phosphoric ester groups is 1. The van der Waals surface area contributed by atoms with Crippen LogP contribution in [0, 0.1) is 0 Å². The Balaban J connectivity index is 3.15. The summed E-state index contributed by atoms with van der Waals surface area (Å²) in [5.41, 5.74) is 0. The summed E-state index contributed by atoms with van der Waals surface area (Å²) < 4.78 is 29.8. The van der Waals surface area contributed by atoms with E-state index in [-0.39, 0.29) is 13.2 Å². The van der Waals surface area contributed by atoms with Gasteiger partial charge < -0.3 is 14.4 Å². The first-order chi connectivity index (χ1) is 7.12. The first-order valence-electron chi connectivity index (χ1n) is 4.81. The predicted molar refractivity (Wildman–Crippen MR) is 54.7 cm³/mol. The van der Waals surface area contributed by atoms with Crippen molar-refractivity contribution < 1.29 is 28.0 Å². The van der Waals surface area contributed by atoms with Gasteiger partial charge in [0.2, 0.25) is 0 Å². The maximum atomic E-state index is 10.8. The first kappa shape index (κ1) is 15.0. The van der Waals surface area contributed by atoms with Crippen molar-refractivity contribution in [2.45, 2.75) is 13.3 Å². The molecule has 0 aliphatic rings. The Kier molecular flexibility index (Phi) is 9.29. The van der Waals surface area contributed by atoms with Crippen LogP contribution in [0.4, 0.5) is 0 Å². The third-order valence-corrected chi connectivity index (χ3v) is 2.40. The molecule has 0 spiro atoms. The van der Waals surface area contributed by atoms with Crippen molar-refractivity contribution in [2.75, 3.05) is 40.1 Å². The van der Waals surface area contributed by atoms with Gasteiger partial charge in [-0.05, 0) is 6.42 Å². The Morgan fingerprint density at radius 2 is 1.60 bits per heavy atom. The minimum absolute atomic E-state index is 0.0232. The molecule has 0 aliphatic heterocycles. The van der Waals surface area contributed by atoms with E-state index in [1.165, 1.54) is 0 Å². The summed E-state index contributed by atoms with van der Waals surface area (Å²) in [7, 11) is -2.74. The van der Waals surface area contributed by atoms with Crippen LogP contribution >= 0.6 is 7.82 Å². The van der Waals surface area contributed by atoms with Gasteiger partial charge in [0.25, 0.3) is 0 Å². The largest absolute Gasteiger partial charge is 0.471 e. The number of phosphoric acid groups is 1. The maximum Gasteiger partial charge on any atom is 0.471 e. The molecule has 0 saturated heterocycles. The van der Waals surface area contributed by atoms with Crippen molar-refractivity contribution in [1.82, 2.24) is 0 Å². The smallest absolute Gasteiger partial charge is 0.379 e. The number of hydrogen-bond acceptors (Lipinski definition) is 5. The Morgan fingerprint density at radius 1 is 1.07 bits per heavy atom. The monoisotopic (exact) mass is 242 g/mol. The molecule has 0 aliphatic carbocycles. The minimum Gasteiger partial charge on any atom is -0.379 e. The molecular formula is C8H19O6P. The topological polar surface area (TPSA) is 74.2 Å². The summed E-state index contributed by atoms with van der Waals surface area (Å²) in [6.45, 7) is 3.98. The average molecular weight is 242 g/mol. The number of hydrogen-bond donors (Lipinski definition) is 1. The highest BCUT2D eigenvalue weighted by Crippen LogP contribution is 2.41. The van der Waals surface area contributed by atoms with Crippen LogP contribution < -0.4 is 0 Å². The summed E-state index contributed by atoms with van der Waals surface area (Å²) in [6, 6.07) is 0. The second-order valence-corrected chi connectivity index (χ2v) is 4.27. The molecule has 92 valence electrons. The van der Waals surface area contributed by atoms with Crippen LogP contribution in [0.15, 0.2) is 0 Å². The summed E-state index contributed by atoms with van der Waals surface area (Å²) >= 11 is 0. The lowest BCUT2D eigenvalue weighted by Crippen LogP contribution is -2.09. The van der Waals surface area contributed by atoms with Crippen LogP contribution in [-0.2, 0) is 23.1 Å². The molecule has 0 saturated carbocycles. The molecule has 0 aromatic heterocycles. The zero-order valence-corrected chi connectivity index (χ0v) is 10.1. The molecular weight excluding hydrogens is 223 g/mol. The van der Waals surface area contributed by atoms with E-state index >= 15 is 0 Å². The SMILES string of the molecule is CCCOCCOCCOP(=O)(O)OC. The fourth-order valence-corrected chi connectivity index (χ4v) is 1.14. The van der Waals surface area contributed by atoms with Crippen molar-refractivity contribution in [3.8, 4) is 0 Å². The predicted octanol–water partition coefficient (Wildman–Crippen LogP) is 1.19. The van der Waals surface area contributed by atoms with E-state index in [1.807, 2.05) is 6.92 Å². The van der Waals surface area contributed by atoms with Gasteiger partial charge in [-0.25, -0.2) is 4.57 Å². The van der Waals surface area contributed by atoms with Crippen molar-refractivity contribution in [3.05, 3.63) is 0 Å². The highest BCUT2D eigenvalue weighted by molar-refractivity contribution is 7.47. The van der Waals surface area contributed by atoms with E-state index in [0.29, 0.717) is 13.2 Å².